The minimum atomic E-state index is -0.329. The Labute approximate surface area is 108 Å². The minimum Gasteiger partial charge on any atom is -0.398 e. The van der Waals surface area contributed by atoms with Crippen molar-refractivity contribution in [3.8, 4) is 0 Å². The van der Waals surface area contributed by atoms with Crippen LogP contribution in [0.1, 0.15) is 44.0 Å². The largest absolute Gasteiger partial charge is 0.398 e. The Hall–Kier alpha value is -1.55. The fraction of sp³-hybridized carbons (Fsp3) is 0.500. The first-order valence-corrected chi connectivity index (χ1v) is 6.27. The number of nitrogens with one attached hydrogen (secondary N) is 1. The van der Waals surface area contributed by atoms with Crippen molar-refractivity contribution < 1.29 is 9.90 Å². The number of carbonyl (C=O) groups excluding carboxylic acids is 1. The molecule has 0 heterocycles. The molecule has 0 bridgehead atoms. The van der Waals surface area contributed by atoms with Gasteiger partial charge in [-0.1, -0.05) is 13.8 Å². The molecule has 4 nitrogen and oxygen atoms in total. The van der Waals surface area contributed by atoms with Gasteiger partial charge < -0.3 is 16.2 Å². The van der Waals surface area contributed by atoms with Gasteiger partial charge >= 0.3 is 0 Å². The summed E-state index contributed by atoms with van der Waals surface area (Å²) in [5.41, 5.74) is 7.34. The Morgan fingerprint density at radius 3 is 2.39 bits per heavy atom. The van der Waals surface area contributed by atoms with Crippen LogP contribution in [0.4, 0.5) is 11.4 Å². The second-order valence-electron chi connectivity index (χ2n) is 4.63. The van der Waals surface area contributed by atoms with Crippen LogP contribution in [-0.4, -0.2) is 23.0 Å². The van der Waals surface area contributed by atoms with Gasteiger partial charge in [-0.05, 0) is 38.0 Å². The van der Waals surface area contributed by atoms with Gasteiger partial charge in [-0.15, -0.1) is 0 Å². The normalized spacial score (nSPS) is 11.3. The third-order valence-corrected chi connectivity index (χ3v) is 3.50. The smallest absolute Gasteiger partial charge is 0.161 e. The molecule has 1 aromatic rings. The highest BCUT2D eigenvalue weighted by Gasteiger charge is 2.24. The zero-order valence-electron chi connectivity index (χ0n) is 11.3. The Bertz CT molecular complexity index is 418. The standard InChI is InChI=1S/C14H22N2O2/c1-4-14(5-2,9-17)16-11-6-7-12(10(3)18)13(15)8-11/h6-8,16-17H,4-5,9,15H2,1-3H3. The summed E-state index contributed by atoms with van der Waals surface area (Å²) in [7, 11) is 0. The van der Waals surface area contributed by atoms with E-state index in [1.165, 1.54) is 6.92 Å². The Kier molecular flexibility index (Phi) is 4.73. The summed E-state index contributed by atoms with van der Waals surface area (Å²) in [6, 6.07) is 5.28. The highest BCUT2D eigenvalue weighted by atomic mass is 16.3. The molecule has 0 saturated heterocycles. The summed E-state index contributed by atoms with van der Waals surface area (Å²) in [5.74, 6) is -0.0431. The SMILES string of the molecule is CCC(CC)(CO)Nc1ccc(C(C)=O)c(N)c1. The number of nitrogen functional groups attached to an aromatic ring is 1. The number of hydrogen-bond donors (Lipinski definition) is 3. The molecule has 1 rings (SSSR count). The molecule has 100 valence electrons. The minimum absolute atomic E-state index is 0.0431. The molecule has 18 heavy (non-hydrogen) atoms. The average molecular weight is 250 g/mol. The molecule has 0 amide bonds. The third-order valence-electron chi connectivity index (χ3n) is 3.50. The van der Waals surface area contributed by atoms with Crippen molar-refractivity contribution in [2.24, 2.45) is 0 Å². The molecule has 0 aliphatic heterocycles. The predicted octanol–water partition coefficient (Wildman–Crippen LogP) is 2.43. The van der Waals surface area contributed by atoms with Crippen molar-refractivity contribution in [1.29, 1.82) is 0 Å². The number of hydrogen-bond acceptors (Lipinski definition) is 4. The number of nitrogens with two attached hydrogens (primary N) is 1. The monoisotopic (exact) mass is 250 g/mol. The lowest BCUT2D eigenvalue weighted by Crippen LogP contribution is -2.40. The first kappa shape index (κ1) is 14.5. The van der Waals surface area contributed by atoms with Crippen LogP contribution in [0.5, 0.6) is 0 Å². The average Bonchev–Trinajstić information content (AvgIpc) is 2.36. The number of aliphatic hydroxyl groups is 1. The molecule has 4 heteroatoms. The Morgan fingerprint density at radius 2 is 2.00 bits per heavy atom. The van der Waals surface area contributed by atoms with Gasteiger partial charge in [0.1, 0.15) is 0 Å². The van der Waals surface area contributed by atoms with Crippen molar-refractivity contribution in [1.82, 2.24) is 0 Å². The van der Waals surface area contributed by atoms with Gasteiger partial charge in [-0.25, -0.2) is 0 Å². The first-order chi connectivity index (χ1) is 8.48. The number of Topliss-reactive ketones (excluding diaryl/α,β-unsaturated/α-hetero) is 1. The number of benzene rings is 1. The molecule has 0 unspecified atom stereocenters. The molecule has 0 radical (unpaired) electrons. The van der Waals surface area contributed by atoms with E-state index in [-0.39, 0.29) is 17.9 Å². The van der Waals surface area contributed by atoms with Gasteiger partial charge in [-0.2, -0.15) is 0 Å². The Morgan fingerprint density at radius 1 is 1.39 bits per heavy atom. The van der Waals surface area contributed by atoms with Gasteiger partial charge in [0.2, 0.25) is 0 Å². The lowest BCUT2D eigenvalue weighted by atomic mass is 9.93. The summed E-state index contributed by atoms with van der Waals surface area (Å²) in [6.45, 7) is 5.61. The van der Waals surface area contributed by atoms with E-state index in [2.05, 4.69) is 5.32 Å². The highest BCUT2D eigenvalue weighted by molar-refractivity contribution is 5.99. The molecule has 1 aromatic carbocycles. The molecule has 0 fully saturated rings. The zero-order valence-corrected chi connectivity index (χ0v) is 11.3. The van der Waals surface area contributed by atoms with Gasteiger partial charge in [0.05, 0.1) is 12.1 Å². The van der Waals surface area contributed by atoms with Crippen molar-refractivity contribution >= 4 is 17.2 Å². The quantitative estimate of drug-likeness (QED) is 0.535. The van der Waals surface area contributed by atoms with Gasteiger partial charge in [0.25, 0.3) is 0 Å². The second-order valence-corrected chi connectivity index (χ2v) is 4.63. The number of ketones is 1. The summed E-state index contributed by atoms with van der Waals surface area (Å²) in [5, 5.41) is 12.8. The summed E-state index contributed by atoms with van der Waals surface area (Å²) in [6.07, 6.45) is 1.63. The van der Waals surface area contributed by atoms with Crippen LogP contribution in [0.25, 0.3) is 0 Å². The van der Waals surface area contributed by atoms with Crippen molar-refractivity contribution in [2.75, 3.05) is 17.7 Å². The van der Waals surface area contributed by atoms with Crippen LogP contribution in [0.2, 0.25) is 0 Å². The molecule has 0 aromatic heterocycles. The fourth-order valence-electron chi connectivity index (χ4n) is 1.96. The van der Waals surface area contributed by atoms with E-state index in [1.807, 2.05) is 19.9 Å². The fourth-order valence-corrected chi connectivity index (χ4v) is 1.96. The van der Waals surface area contributed by atoms with Crippen LogP contribution in [0, 0.1) is 0 Å². The maximum atomic E-state index is 11.3. The second kappa shape index (κ2) is 5.87. The van der Waals surface area contributed by atoms with Crippen LogP contribution < -0.4 is 11.1 Å². The summed E-state index contributed by atoms with van der Waals surface area (Å²) < 4.78 is 0. The van der Waals surface area contributed by atoms with Crippen LogP contribution in [0.15, 0.2) is 18.2 Å². The van der Waals surface area contributed by atoms with E-state index >= 15 is 0 Å². The Balaban J connectivity index is 2.98. The maximum absolute atomic E-state index is 11.3. The molecule has 0 saturated carbocycles. The van der Waals surface area contributed by atoms with E-state index in [1.54, 1.807) is 12.1 Å². The van der Waals surface area contributed by atoms with E-state index in [0.29, 0.717) is 11.3 Å². The number of carbonyl (C=O) groups is 1. The lowest BCUT2D eigenvalue weighted by molar-refractivity contribution is 0.101. The van der Waals surface area contributed by atoms with E-state index < -0.39 is 0 Å². The van der Waals surface area contributed by atoms with Crippen molar-refractivity contribution in [3.63, 3.8) is 0 Å². The third kappa shape index (κ3) is 3.01. The lowest BCUT2D eigenvalue weighted by Gasteiger charge is -2.32. The van der Waals surface area contributed by atoms with Crippen molar-refractivity contribution in [2.45, 2.75) is 39.2 Å². The molecule has 4 N–H and O–H groups in total. The molecule has 0 aliphatic carbocycles. The first-order valence-electron chi connectivity index (χ1n) is 6.27. The maximum Gasteiger partial charge on any atom is 0.161 e. The van der Waals surface area contributed by atoms with E-state index in [9.17, 15) is 9.90 Å². The van der Waals surface area contributed by atoms with E-state index in [4.69, 9.17) is 5.73 Å². The molecule has 0 aliphatic rings. The van der Waals surface area contributed by atoms with E-state index in [0.717, 1.165) is 18.5 Å². The molecular formula is C14H22N2O2. The van der Waals surface area contributed by atoms with Gasteiger partial charge in [0, 0.05) is 16.9 Å². The summed E-state index contributed by atoms with van der Waals surface area (Å²) >= 11 is 0. The summed E-state index contributed by atoms with van der Waals surface area (Å²) in [4.78, 5) is 11.3. The van der Waals surface area contributed by atoms with Crippen LogP contribution in [-0.2, 0) is 0 Å². The molecular weight excluding hydrogens is 228 g/mol. The van der Waals surface area contributed by atoms with Gasteiger partial charge in [-0.3, -0.25) is 4.79 Å². The molecule has 0 atom stereocenters. The highest BCUT2D eigenvalue weighted by Crippen LogP contribution is 2.25. The number of aliphatic hydroxyl groups excluding tert-OH is 1. The predicted molar refractivity (Wildman–Crippen MR) is 74.9 cm³/mol. The number of rotatable bonds is 6. The topological polar surface area (TPSA) is 75.3 Å². The molecule has 0 spiro atoms. The zero-order chi connectivity index (χ0) is 13.8. The van der Waals surface area contributed by atoms with Crippen molar-refractivity contribution in [3.05, 3.63) is 23.8 Å². The van der Waals surface area contributed by atoms with Crippen LogP contribution in [0.3, 0.4) is 0 Å². The number of anilines is 2. The van der Waals surface area contributed by atoms with Gasteiger partial charge in [0.15, 0.2) is 5.78 Å². The van der Waals surface area contributed by atoms with Crippen LogP contribution >= 0.6 is 0 Å².